The van der Waals surface area contributed by atoms with Crippen molar-refractivity contribution in [3.63, 3.8) is 0 Å². The minimum absolute atomic E-state index is 0. The van der Waals surface area contributed by atoms with E-state index in [-0.39, 0.29) is 24.0 Å². The van der Waals surface area contributed by atoms with Gasteiger partial charge in [-0.3, -0.25) is 0 Å². The van der Waals surface area contributed by atoms with Gasteiger partial charge < -0.3 is 15.5 Å². The molecule has 0 aromatic carbocycles. The third-order valence-corrected chi connectivity index (χ3v) is 5.47. The first kappa shape index (κ1) is 21.6. The van der Waals surface area contributed by atoms with E-state index in [1.165, 1.54) is 37.2 Å². The van der Waals surface area contributed by atoms with E-state index in [0.717, 1.165) is 35.7 Å². The Balaban J connectivity index is 0.00000288. The van der Waals surface area contributed by atoms with Crippen LogP contribution >= 0.6 is 35.3 Å². The Labute approximate surface area is 167 Å². The minimum atomic E-state index is 0. The summed E-state index contributed by atoms with van der Waals surface area (Å²) in [5.74, 6) is 1.78. The van der Waals surface area contributed by atoms with Crippen molar-refractivity contribution in [2.75, 3.05) is 33.2 Å². The van der Waals surface area contributed by atoms with Crippen LogP contribution < -0.4 is 10.6 Å². The van der Waals surface area contributed by atoms with Crippen molar-refractivity contribution < 1.29 is 0 Å². The SMILES string of the molecule is CCNC(=NCc1sc(C)nc1C)NCCC1CCN(C)CC1.I. The number of rotatable bonds is 6. The summed E-state index contributed by atoms with van der Waals surface area (Å²) in [4.78, 5) is 12.9. The normalized spacial score (nSPS) is 16.8. The number of thiazole rings is 1. The van der Waals surface area contributed by atoms with Gasteiger partial charge in [0.15, 0.2) is 5.96 Å². The molecule has 1 aromatic rings. The molecule has 24 heavy (non-hydrogen) atoms. The number of aliphatic imine (C=N–C) groups is 1. The number of guanidine groups is 1. The van der Waals surface area contributed by atoms with Crippen LogP contribution in [-0.2, 0) is 6.54 Å². The molecule has 7 heteroatoms. The number of hydrogen-bond acceptors (Lipinski definition) is 4. The summed E-state index contributed by atoms with van der Waals surface area (Å²) in [6.45, 7) is 11.3. The number of piperidine rings is 1. The van der Waals surface area contributed by atoms with Gasteiger partial charge in [0, 0.05) is 18.0 Å². The quantitative estimate of drug-likeness (QED) is 0.385. The number of halogens is 1. The van der Waals surface area contributed by atoms with Crippen LogP contribution in [0.1, 0.15) is 41.8 Å². The first-order chi connectivity index (χ1) is 11.1. The molecular formula is C17H32IN5S. The highest BCUT2D eigenvalue weighted by atomic mass is 127. The summed E-state index contributed by atoms with van der Waals surface area (Å²) in [6.07, 6.45) is 3.88. The van der Waals surface area contributed by atoms with Crippen molar-refractivity contribution in [2.45, 2.75) is 46.6 Å². The molecule has 2 N–H and O–H groups in total. The second-order valence-electron chi connectivity index (χ2n) is 6.40. The van der Waals surface area contributed by atoms with Gasteiger partial charge in [-0.1, -0.05) is 0 Å². The molecule has 5 nitrogen and oxygen atoms in total. The lowest BCUT2D eigenvalue weighted by atomic mass is 9.94. The zero-order valence-corrected chi connectivity index (χ0v) is 18.5. The highest BCUT2D eigenvalue weighted by Crippen LogP contribution is 2.19. The predicted octanol–water partition coefficient (Wildman–Crippen LogP) is 3.16. The Hall–Kier alpha value is -0.410. The number of likely N-dealkylation sites (tertiary alicyclic amines) is 1. The zero-order valence-electron chi connectivity index (χ0n) is 15.4. The van der Waals surface area contributed by atoms with Crippen LogP contribution in [0.4, 0.5) is 0 Å². The van der Waals surface area contributed by atoms with E-state index in [0.29, 0.717) is 6.54 Å². The van der Waals surface area contributed by atoms with Crippen molar-refractivity contribution in [3.05, 3.63) is 15.6 Å². The lowest BCUT2D eigenvalue weighted by Crippen LogP contribution is -2.39. The van der Waals surface area contributed by atoms with E-state index in [4.69, 9.17) is 4.99 Å². The average Bonchev–Trinajstić information content (AvgIpc) is 2.84. The van der Waals surface area contributed by atoms with Gasteiger partial charge in [-0.25, -0.2) is 9.98 Å². The first-order valence-corrected chi connectivity index (χ1v) is 9.53. The average molecular weight is 465 g/mol. The maximum absolute atomic E-state index is 4.71. The second kappa shape index (κ2) is 11.3. The maximum Gasteiger partial charge on any atom is 0.191 e. The molecule has 0 radical (unpaired) electrons. The van der Waals surface area contributed by atoms with E-state index < -0.39 is 0 Å². The van der Waals surface area contributed by atoms with Crippen molar-refractivity contribution in [2.24, 2.45) is 10.9 Å². The number of nitrogens with one attached hydrogen (secondary N) is 2. The van der Waals surface area contributed by atoms with Crippen LogP contribution in [0, 0.1) is 19.8 Å². The zero-order chi connectivity index (χ0) is 16.7. The van der Waals surface area contributed by atoms with Gasteiger partial charge in [-0.2, -0.15) is 0 Å². The standard InChI is InChI=1S/C17H31N5S.HI/c1-5-18-17(20-12-16-13(2)21-14(3)23-16)19-9-6-15-7-10-22(4)11-8-15;/h15H,5-12H2,1-4H3,(H2,18,19,20);1H. The molecule has 2 heterocycles. The Bertz CT molecular complexity index is 509. The van der Waals surface area contributed by atoms with Crippen LogP contribution in [0.15, 0.2) is 4.99 Å². The van der Waals surface area contributed by atoms with E-state index in [1.54, 1.807) is 11.3 Å². The van der Waals surface area contributed by atoms with Gasteiger partial charge in [-0.05, 0) is 66.1 Å². The fourth-order valence-corrected chi connectivity index (χ4v) is 3.82. The topological polar surface area (TPSA) is 52.6 Å². The molecule has 1 fully saturated rings. The highest BCUT2D eigenvalue weighted by molar-refractivity contribution is 14.0. The second-order valence-corrected chi connectivity index (χ2v) is 7.69. The molecule has 0 atom stereocenters. The molecule has 0 amide bonds. The summed E-state index contributed by atoms with van der Waals surface area (Å²) >= 11 is 1.74. The molecule has 138 valence electrons. The smallest absolute Gasteiger partial charge is 0.191 e. The van der Waals surface area contributed by atoms with Crippen molar-refractivity contribution in [3.8, 4) is 0 Å². The number of nitrogens with zero attached hydrogens (tertiary/aromatic N) is 3. The number of hydrogen-bond donors (Lipinski definition) is 2. The minimum Gasteiger partial charge on any atom is -0.357 e. The summed E-state index contributed by atoms with van der Waals surface area (Å²) in [6, 6.07) is 0. The largest absolute Gasteiger partial charge is 0.357 e. The van der Waals surface area contributed by atoms with Gasteiger partial charge in [0.25, 0.3) is 0 Å². The Morgan fingerprint density at radius 3 is 2.58 bits per heavy atom. The monoisotopic (exact) mass is 465 g/mol. The summed E-state index contributed by atoms with van der Waals surface area (Å²) in [5, 5.41) is 7.94. The fraction of sp³-hybridized carbons (Fsp3) is 0.765. The van der Waals surface area contributed by atoms with Gasteiger partial charge in [0.05, 0.1) is 17.2 Å². The summed E-state index contributed by atoms with van der Waals surface area (Å²) in [5.41, 5.74) is 1.11. The molecule has 0 aliphatic carbocycles. The predicted molar refractivity (Wildman–Crippen MR) is 115 cm³/mol. The molecule has 1 aliphatic rings. The third kappa shape index (κ3) is 7.23. The van der Waals surface area contributed by atoms with E-state index in [9.17, 15) is 0 Å². The van der Waals surface area contributed by atoms with Crippen molar-refractivity contribution in [1.29, 1.82) is 0 Å². The van der Waals surface area contributed by atoms with Crippen molar-refractivity contribution >= 4 is 41.3 Å². The Kier molecular flexibility index (Phi) is 10.1. The molecule has 0 bridgehead atoms. The van der Waals surface area contributed by atoms with E-state index in [2.05, 4.69) is 48.3 Å². The molecule has 1 aromatic heterocycles. The molecule has 1 aliphatic heterocycles. The van der Waals surface area contributed by atoms with Crippen LogP contribution in [0.25, 0.3) is 0 Å². The maximum atomic E-state index is 4.71. The van der Waals surface area contributed by atoms with Crippen LogP contribution in [0.5, 0.6) is 0 Å². The first-order valence-electron chi connectivity index (χ1n) is 8.72. The lowest BCUT2D eigenvalue weighted by Gasteiger charge is -2.29. The molecule has 1 saturated heterocycles. The number of aromatic nitrogens is 1. The molecule has 0 spiro atoms. The van der Waals surface area contributed by atoms with Crippen LogP contribution in [0.3, 0.4) is 0 Å². The van der Waals surface area contributed by atoms with Crippen LogP contribution in [-0.4, -0.2) is 49.1 Å². The fourth-order valence-electron chi connectivity index (χ4n) is 2.96. The van der Waals surface area contributed by atoms with Gasteiger partial charge in [0.2, 0.25) is 0 Å². The Morgan fingerprint density at radius 2 is 2.00 bits per heavy atom. The van der Waals surface area contributed by atoms with E-state index >= 15 is 0 Å². The van der Waals surface area contributed by atoms with Gasteiger partial charge in [-0.15, -0.1) is 35.3 Å². The molecule has 0 saturated carbocycles. The molecular weight excluding hydrogens is 433 g/mol. The van der Waals surface area contributed by atoms with E-state index in [1.807, 2.05) is 0 Å². The van der Waals surface area contributed by atoms with Gasteiger partial charge in [0.1, 0.15) is 0 Å². The Morgan fingerprint density at radius 1 is 1.29 bits per heavy atom. The molecule has 2 rings (SSSR count). The lowest BCUT2D eigenvalue weighted by molar-refractivity contribution is 0.213. The summed E-state index contributed by atoms with van der Waals surface area (Å²) < 4.78 is 0. The summed E-state index contributed by atoms with van der Waals surface area (Å²) in [7, 11) is 2.22. The van der Waals surface area contributed by atoms with Gasteiger partial charge >= 0.3 is 0 Å². The van der Waals surface area contributed by atoms with Crippen molar-refractivity contribution in [1.82, 2.24) is 20.5 Å². The highest BCUT2D eigenvalue weighted by Gasteiger charge is 2.16. The molecule has 0 unspecified atom stereocenters. The van der Waals surface area contributed by atoms with Crippen LogP contribution in [0.2, 0.25) is 0 Å². The third-order valence-electron chi connectivity index (χ3n) is 4.41. The number of aryl methyl sites for hydroxylation is 2.